The number of nitrogens with zero attached hydrogens (tertiary/aromatic N) is 1. The molecule has 4 rings (SSSR count). The molecule has 0 unspecified atom stereocenters. The zero-order valence-electron chi connectivity index (χ0n) is 17.6. The third-order valence-electron chi connectivity index (χ3n) is 4.92. The van der Waals surface area contributed by atoms with Crippen LogP contribution in [-0.4, -0.2) is 24.8 Å². The molecule has 34 heavy (non-hydrogen) atoms. The van der Waals surface area contributed by atoms with Crippen LogP contribution in [0.2, 0.25) is 10.0 Å². The fraction of sp³-hybridized carbons (Fsp3) is 0.0417. The fourth-order valence-corrected chi connectivity index (χ4v) is 3.82. The Labute approximate surface area is 209 Å². The molecule has 3 amide bonds. The van der Waals surface area contributed by atoms with Crippen LogP contribution < -0.4 is 20.3 Å². The van der Waals surface area contributed by atoms with Crippen molar-refractivity contribution in [2.24, 2.45) is 0 Å². The van der Waals surface area contributed by atoms with Gasteiger partial charge in [-0.05, 0) is 54.6 Å². The first-order valence-electron chi connectivity index (χ1n) is 9.84. The molecule has 0 spiro atoms. The topological polar surface area (TPSA) is 87.7 Å². The normalized spacial score (nSPS) is 13.4. The van der Waals surface area contributed by atoms with Crippen LogP contribution in [0.5, 0.6) is 5.75 Å². The monoisotopic (exact) mass is 515 g/mol. The summed E-state index contributed by atoms with van der Waals surface area (Å²) in [6.07, 6.45) is 0. The summed E-state index contributed by atoms with van der Waals surface area (Å²) in [6.45, 7) is 0. The molecule has 172 valence electrons. The van der Waals surface area contributed by atoms with Gasteiger partial charge in [0.25, 0.3) is 17.7 Å². The minimum absolute atomic E-state index is 0.115. The van der Waals surface area contributed by atoms with Gasteiger partial charge in [0.05, 0.1) is 17.8 Å². The van der Waals surface area contributed by atoms with Gasteiger partial charge in [0.1, 0.15) is 16.5 Å². The second-order valence-electron chi connectivity index (χ2n) is 7.12. The number of benzene rings is 3. The SMILES string of the molecule is COc1cccc(NC(=O)c2ccc(NC3=C(Cl)C(=O)N(c4cc(Cl)ccc4Cl)C3=O)cc2)c1. The van der Waals surface area contributed by atoms with Crippen molar-refractivity contribution in [3.05, 3.63) is 93.1 Å². The van der Waals surface area contributed by atoms with Crippen molar-refractivity contribution in [2.45, 2.75) is 0 Å². The lowest BCUT2D eigenvalue weighted by atomic mass is 10.2. The molecule has 7 nitrogen and oxygen atoms in total. The van der Waals surface area contributed by atoms with Crippen molar-refractivity contribution in [3.8, 4) is 5.75 Å². The second kappa shape index (κ2) is 9.77. The number of carbonyl (C=O) groups is 3. The highest BCUT2D eigenvalue weighted by Gasteiger charge is 2.40. The predicted octanol–water partition coefficient (Wildman–Crippen LogP) is 5.69. The molecule has 10 heteroatoms. The molecule has 0 fully saturated rings. The van der Waals surface area contributed by atoms with Crippen molar-refractivity contribution in [1.82, 2.24) is 0 Å². The maximum absolute atomic E-state index is 12.9. The largest absolute Gasteiger partial charge is 0.497 e. The van der Waals surface area contributed by atoms with E-state index >= 15 is 0 Å². The number of hydrogen-bond donors (Lipinski definition) is 2. The smallest absolute Gasteiger partial charge is 0.283 e. The summed E-state index contributed by atoms with van der Waals surface area (Å²) >= 11 is 18.3. The van der Waals surface area contributed by atoms with Gasteiger partial charge in [0.2, 0.25) is 0 Å². The number of ether oxygens (including phenoxy) is 1. The molecule has 3 aromatic rings. The van der Waals surface area contributed by atoms with Crippen LogP contribution in [-0.2, 0) is 9.59 Å². The Balaban J connectivity index is 1.49. The van der Waals surface area contributed by atoms with Crippen LogP contribution >= 0.6 is 34.8 Å². The van der Waals surface area contributed by atoms with E-state index in [9.17, 15) is 14.4 Å². The minimum atomic E-state index is -0.729. The predicted molar refractivity (Wildman–Crippen MR) is 133 cm³/mol. The van der Waals surface area contributed by atoms with E-state index in [0.29, 0.717) is 27.7 Å². The second-order valence-corrected chi connectivity index (χ2v) is 8.34. The molecule has 1 aliphatic heterocycles. The number of imide groups is 1. The first-order chi connectivity index (χ1) is 16.3. The zero-order valence-corrected chi connectivity index (χ0v) is 19.8. The van der Waals surface area contributed by atoms with Gasteiger partial charge >= 0.3 is 0 Å². The summed E-state index contributed by atoms with van der Waals surface area (Å²) in [6, 6.07) is 17.7. The van der Waals surface area contributed by atoms with Gasteiger partial charge in [-0.2, -0.15) is 0 Å². The van der Waals surface area contributed by atoms with Gasteiger partial charge in [0.15, 0.2) is 0 Å². The van der Waals surface area contributed by atoms with E-state index in [1.807, 2.05) is 0 Å². The molecule has 0 atom stereocenters. The summed E-state index contributed by atoms with van der Waals surface area (Å²) in [4.78, 5) is 39.0. The number of hydrogen-bond acceptors (Lipinski definition) is 5. The van der Waals surface area contributed by atoms with E-state index in [1.165, 1.54) is 12.1 Å². The zero-order chi connectivity index (χ0) is 24.4. The number of amides is 3. The molecule has 2 N–H and O–H groups in total. The van der Waals surface area contributed by atoms with Gasteiger partial charge in [-0.15, -0.1) is 0 Å². The highest BCUT2D eigenvalue weighted by atomic mass is 35.5. The lowest BCUT2D eigenvalue weighted by Crippen LogP contribution is -2.32. The number of nitrogens with one attached hydrogen (secondary N) is 2. The van der Waals surface area contributed by atoms with Gasteiger partial charge in [-0.1, -0.05) is 40.9 Å². The van der Waals surface area contributed by atoms with Crippen molar-refractivity contribution < 1.29 is 19.1 Å². The van der Waals surface area contributed by atoms with Crippen LogP contribution in [0.1, 0.15) is 10.4 Å². The van der Waals surface area contributed by atoms with E-state index in [1.54, 1.807) is 61.7 Å². The van der Waals surface area contributed by atoms with Crippen molar-refractivity contribution in [1.29, 1.82) is 0 Å². The van der Waals surface area contributed by atoms with Gasteiger partial charge in [0, 0.05) is 28.0 Å². The Morgan fingerprint density at radius 3 is 2.32 bits per heavy atom. The van der Waals surface area contributed by atoms with Crippen LogP contribution in [0.4, 0.5) is 17.1 Å². The third-order valence-corrected chi connectivity index (χ3v) is 5.83. The van der Waals surface area contributed by atoms with Crippen LogP contribution in [0.15, 0.2) is 77.5 Å². The lowest BCUT2D eigenvalue weighted by Gasteiger charge is -2.17. The molecule has 1 aliphatic rings. The molecule has 0 aromatic heterocycles. The summed E-state index contributed by atoms with van der Waals surface area (Å²) in [7, 11) is 1.54. The number of methoxy groups -OCH3 is 1. The van der Waals surface area contributed by atoms with E-state index in [4.69, 9.17) is 39.5 Å². The number of halogens is 3. The van der Waals surface area contributed by atoms with Gasteiger partial charge < -0.3 is 15.4 Å². The molecular weight excluding hydrogens is 501 g/mol. The highest BCUT2D eigenvalue weighted by Crippen LogP contribution is 2.35. The highest BCUT2D eigenvalue weighted by molar-refractivity contribution is 6.54. The summed E-state index contributed by atoms with van der Waals surface area (Å²) in [5.74, 6) is -1.12. The minimum Gasteiger partial charge on any atom is -0.497 e. The first-order valence-corrected chi connectivity index (χ1v) is 11.0. The maximum atomic E-state index is 12.9. The van der Waals surface area contributed by atoms with Crippen molar-refractivity contribution >= 4 is 69.6 Å². The first kappa shape index (κ1) is 23.6. The van der Waals surface area contributed by atoms with Crippen molar-refractivity contribution in [2.75, 3.05) is 22.6 Å². The number of anilines is 3. The maximum Gasteiger partial charge on any atom is 0.283 e. The van der Waals surface area contributed by atoms with Gasteiger partial charge in [-0.3, -0.25) is 14.4 Å². The molecule has 0 aliphatic carbocycles. The average Bonchev–Trinajstić information content (AvgIpc) is 3.04. The molecule has 3 aromatic carbocycles. The summed E-state index contributed by atoms with van der Waals surface area (Å²) in [5.41, 5.74) is 1.43. The van der Waals surface area contributed by atoms with E-state index < -0.39 is 11.8 Å². The van der Waals surface area contributed by atoms with E-state index in [2.05, 4.69) is 10.6 Å². The molecule has 0 saturated heterocycles. The molecule has 1 heterocycles. The fourth-order valence-electron chi connectivity index (χ4n) is 3.24. The Morgan fingerprint density at radius 2 is 1.62 bits per heavy atom. The van der Waals surface area contributed by atoms with Crippen LogP contribution in [0.25, 0.3) is 0 Å². The summed E-state index contributed by atoms with van der Waals surface area (Å²) < 4.78 is 5.15. The third kappa shape index (κ3) is 4.72. The van der Waals surface area contributed by atoms with E-state index in [-0.39, 0.29) is 27.3 Å². The summed E-state index contributed by atoms with van der Waals surface area (Å²) in [5, 5.41) is 5.81. The van der Waals surface area contributed by atoms with Crippen LogP contribution in [0.3, 0.4) is 0 Å². The van der Waals surface area contributed by atoms with E-state index in [0.717, 1.165) is 4.90 Å². The van der Waals surface area contributed by atoms with Gasteiger partial charge in [-0.25, -0.2) is 4.90 Å². The Kier molecular flexibility index (Phi) is 6.79. The Morgan fingerprint density at radius 1 is 0.882 bits per heavy atom. The Hall–Kier alpha value is -3.52. The van der Waals surface area contributed by atoms with Crippen LogP contribution in [0, 0.1) is 0 Å². The standard InChI is InChI=1S/C24H16Cl3N3O4/c1-34-17-4-2-3-16(12-17)29-22(31)13-5-8-15(9-6-13)28-21-20(27)23(32)30(24(21)33)19-11-14(25)7-10-18(19)26/h2-12,28H,1H3,(H,29,31). The lowest BCUT2D eigenvalue weighted by molar-refractivity contribution is -0.120. The Bertz CT molecular complexity index is 1340. The number of rotatable bonds is 6. The number of carbonyl (C=O) groups excluding carboxylic acids is 3. The average molecular weight is 517 g/mol. The molecule has 0 bridgehead atoms. The molecule has 0 saturated carbocycles. The molecule has 0 radical (unpaired) electrons. The van der Waals surface area contributed by atoms with Crippen molar-refractivity contribution in [3.63, 3.8) is 0 Å². The molecular formula is C24H16Cl3N3O4. The quantitative estimate of drug-likeness (QED) is 0.411.